The molecule has 1 aliphatic rings. The van der Waals surface area contributed by atoms with E-state index in [9.17, 15) is 43.9 Å². The zero-order chi connectivity index (χ0) is 19.5. The van der Waals surface area contributed by atoms with Crippen LogP contribution >= 0.6 is 11.6 Å². The van der Waals surface area contributed by atoms with Gasteiger partial charge >= 0.3 is 29.1 Å². The molecular weight excluding hydrogens is 398 g/mol. The van der Waals surface area contributed by atoms with E-state index in [4.69, 9.17) is 0 Å². The first-order chi connectivity index (χ1) is 11.1. The second kappa shape index (κ2) is 5.65. The third kappa shape index (κ3) is 2.67. The number of nitrogens with one attached hydrogen (secondary N) is 1. The molecule has 25 heavy (non-hydrogen) atoms. The Balaban J connectivity index is 2.55. The molecule has 0 saturated carbocycles. The summed E-state index contributed by atoms with van der Waals surface area (Å²) in [7, 11) is 0. The first kappa shape index (κ1) is 20.1. The predicted octanol–water partition coefficient (Wildman–Crippen LogP) is 5.12. The Kier molecular flexibility index (Phi) is 4.54. The number of hydrogen-bond acceptors (Lipinski definition) is 1. The van der Waals surface area contributed by atoms with E-state index in [0.29, 0.717) is 6.42 Å². The molecule has 0 fully saturated rings. The summed E-state index contributed by atoms with van der Waals surface area (Å²) in [5.41, 5.74) is -2.43. The summed E-state index contributed by atoms with van der Waals surface area (Å²) in [5, 5.41) is -1.40. The summed E-state index contributed by atoms with van der Waals surface area (Å²) in [6, 6.07) is 0. The molecule has 0 aromatic carbocycles. The summed E-state index contributed by atoms with van der Waals surface area (Å²) in [5.74, 6) is -27.0. The normalized spacial score (nSPS) is 17.6. The lowest BCUT2D eigenvalue weighted by Gasteiger charge is -2.37. The minimum absolute atomic E-state index is 0.0329. The van der Waals surface area contributed by atoms with Crippen LogP contribution < -0.4 is 0 Å². The van der Waals surface area contributed by atoms with Crippen LogP contribution in [0.2, 0.25) is 0 Å². The molecule has 0 spiro atoms. The molecule has 0 atom stereocenters. The smallest absolute Gasteiger partial charge is 0.282 e. The zero-order valence-electron chi connectivity index (χ0n) is 11.9. The van der Waals surface area contributed by atoms with Crippen molar-refractivity contribution in [2.45, 2.75) is 54.8 Å². The van der Waals surface area contributed by atoms with E-state index >= 15 is 0 Å². The van der Waals surface area contributed by atoms with E-state index in [1.54, 1.807) is 0 Å². The fraction of sp³-hybridized carbons (Fsp3) is 0.750. The number of aryl methyl sites for hydroxylation is 1. The van der Waals surface area contributed by atoms with Gasteiger partial charge in [-0.3, -0.25) is 5.10 Å². The Morgan fingerprint density at radius 3 is 1.80 bits per heavy atom. The molecule has 2 rings (SSSR count). The van der Waals surface area contributed by atoms with E-state index in [0.717, 1.165) is 0 Å². The van der Waals surface area contributed by atoms with Crippen LogP contribution in [-0.4, -0.2) is 33.3 Å². The van der Waals surface area contributed by atoms with Crippen LogP contribution in [0.3, 0.4) is 0 Å². The molecule has 0 amide bonds. The second-order valence-corrected chi connectivity index (χ2v) is 6.01. The Hall–Kier alpha value is -1.20. The highest BCUT2D eigenvalue weighted by Crippen LogP contribution is 2.60. The second-order valence-electron chi connectivity index (χ2n) is 5.53. The van der Waals surface area contributed by atoms with Crippen LogP contribution in [0.25, 0.3) is 0 Å². The van der Waals surface area contributed by atoms with Gasteiger partial charge in [-0.15, -0.1) is 0 Å². The Bertz CT molecular complexity index is 649. The fourth-order valence-corrected chi connectivity index (χ4v) is 2.58. The summed E-state index contributed by atoms with van der Waals surface area (Å²) < 4.78 is 133. The Morgan fingerprint density at radius 1 is 0.760 bits per heavy atom. The van der Waals surface area contributed by atoms with Crippen molar-refractivity contribution in [3.63, 3.8) is 0 Å². The number of aromatic nitrogens is 2. The molecule has 0 aliphatic heterocycles. The van der Waals surface area contributed by atoms with Gasteiger partial charge in [-0.2, -0.15) is 49.0 Å². The quantitative estimate of drug-likeness (QED) is 0.534. The molecule has 0 saturated heterocycles. The van der Waals surface area contributed by atoms with Gasteiger partial charge in [-0.1, -0.05) is 0 Å². The maximum atomic E-state index is 14.0. The molecule has 144 valence electrons. The van der Waals surface area contributed by atoms with E-state index in [1.165, 1.54) is 0 Å². The number of alkyl halides is 11. The molecule has 0 radical (unpaired) electrons. The minimum atomic E-state index is -7.17. The first-order valence-corrected chi connectivity index (χ1v) is 7.11. The van der Waals surface area contributed by atoms with Gasteiger partial charge in [0.15, 0.2) is 0 Å². The van der Waals surface area contributed by atoms with E-state index in [2.05, 4.69) is 16.7 Å². The Labute approximate surface area is 138 Å². The van der Waals surface area contributed by atoms with Crippen molar-refractivity contribution in [1.82, 2.24) is 10.2 Å². The van der Waals surface area contributed by atoms with Crippen molar-refractivity contribution in [1.29, 1.82) is 0 Å². The lowest BCUT2D eigenvalue weighted by atomic mass is 9.90. The van der Waals surface area contributed by atoms with Gasteiger partial charge in [0.2, 0.25) is 0 Å². The number of aromatic amines is 1. The average Bonchev–Trinajstić information content (AvgIpc) is 2.89. The average molecular weight is 407 g/mol. The van der Waals surface area contributed by atoms with Crippen LogP contribution in [0, 0.1) is 0 Å². The fourth-order valence-electron chi connectivity index (χ4n) is 2.46. The lowest BCUT2D eigenvalue weighted by molar-refractivity contribution is -0.393. The number of fused-ring (bicyclic) bond motifs is 1. The van der Waals surface area contributed by atoms with E-state index in [1.807, 2.05) is 5.10 Å². The third-order valence-electron chi connectivity index (χ3n) is 3.89. The zero-order valence-corrected chi connectivity index (χ0v) is 12.7. The Morgan fingerprint density at radius 2 is 1.28 bits per heavy atom. The monoisotopic (exact) mass is 406 g/mol. The van der Waals surface area contributed by atoms with Gasteiger partial charge < -0.3 is 0 Å². The lowest BCUT2D eigenvalue weighted by Crippen LogP contribution is -2.65. The van der Waals surface area contributed by atoms with Gasteiger partial charge in [0.1, 0.15) is 5.69 Å². The molecule has 2 nitrogen and oxygen atoms in total. The standard InChI is InChI=1S/C12H9ClF10N2/c13-12(22,23)11(20,21)10(18,19)9(16,17)8(14,15)7-5-3-1-2-4-6(5)24-25-7/h1-4H2,(H,24,25). The number of hydrogen-bond donors (Lipinski definition) is 1. The van der Waals surface area contributed by atoms with Gasteiger partial charge in [-0.25, -0.2) is 0 Å². The molecule has 1 heterocycles. The van der Waals surface area contributed by atoms with Gasteiger partial charge in [0.25, 0.3) is 0 Å². The largest absolute Gasteiger partial charge is 0.393 e. The van der Waals surface area contributed by atoms with Gasteiger partial charge in [0, 0.05) is 11.3 Å². The SMILES string of the molecule is FC(F)(Cl)C(F)(F)C(F)(F)C(F)(F)C(F)(F)c1n[nH]c2c1CCCC2. The highest BCUT2D eigenvalue weighted by atomic mass is 35.5. The topological polar surface area (TPSA) is 28.7 Å². The highest BCUT2D eigenvalue weighted by Gasteiger charge is 2.87. The summed E-state index contributed by atoms with van der Waals surface area (Å²) in [6.45, 7) is 0. The van der Waals surface area contributed by atoms with Crippen molar-refractivity contribution in [2.75, 3.05) is 0 Å². The minimum Gasteiger partial charge on any atom is -0.282 e. The number of rotatable bonds is 5. The van der Waals surface area contributed by atoms with Crippen LogP contribution in [0.4, 0.5) is 43.9 Å². The van der Waals surface area contributed by atoms with Crippen molar-refractivity contribution in [3.05, 3.63) is 17.0 Å². The molecule has 1 N–H and O–H groups in total. The summed E-state index contributed by atoms with van der Waals surface area (Å²) >= 11 is 3.74. The van der Waals surface area contributed by atoms with Crippen molar-refractivity contribution < 1.29 is 43.9 Å². The third-order valence-corrected chi connectivity index (χ3v) is 4.13. The van der Waals surface area contributed by atoms with Crippen LogP contribution in [0.1, 0.15) is 29.8 Å². The summed E-state index contributed by atoms with van der Waals surface area (Å²) in [4.78, 5) is 0. The van der Waals surface area contributed by atoms with Crippen molar-refractivity contribution >= 4 is 11.6 Å². The molecule has 1 aromatic heterocycles. The molecule has 13 heteroatoms. The maximum Gasteiger partial charge on any atom is 0.393 e. The predicted molar refractivity (Wildman–Crippen MR) is 64.8 cm³/mol. The van der Waals surface area contributed by atoms with E-state index < -0.39 is 40.3 Å². The van der Waals surface area contributed by atoms with E-state index in [-0.39, 0.29) is 25.0 Å². The number of H-pyrrole nitrogens is 1. The molecular formula is C12H9ClF10N2. The number of nitrogens with zero attached hydrogens (tertiary/aromatic N) is 1. The van der Waals surface area contributed by atoms with Crippen molar-refractivity contribution in [3.8, 4) is 0 Å². The van der Waals surface area contributed by atoms with Gasteiger partial charge in [0.05, 0.1) is 0 Å². The van der Waals surface area contributed by atoms with Crippen LogP contribution in [0.5, 0.6) is 0 Å². The van der Waals surface area contributed by atoms with Gasteiger partial charge in [-0.05, 0) is 37.3 Å². The molecule has 0 unspecified atom stereocenters. The number of halogens is 11. The molecule has 0 bridgehead atoms. The maximum absolute atomic E-state index is 14.0. The highest BCUT2D eigenvalue weighted by molar-refractivity contribution is 6.22. The molecule has 1 aliphatic carbocycles. The van der Waals surface area contributed by atoms with Crippen molar-refractivity contribution in [2.24, 2.45) is 0 Å². The van der Waals surface area contributed by atoms with Crippen LogP contribution in [-0.2, 0) is 18.8 Å². The summed E-state index contributed by atoms with van der Waals surface area (Å²) in [6.07, 6.45) is 0.591. The molecule has 1 aromatic rings. The first-order valence-electron chi connectivity index (χ1n) is 6.73. The van der Waals surface area contributed by atoms with Crippen LogP contribution in [0.15, 0.2) is 0 Å².